The van der Waals surface area contributed by atoms with Crippen molar-refractivity contribution in [1.82, 2.24) is 15.0 Å². The van der Waals surface area contributed by atoms with Crippen LogP contribution in [0.25, 0.3) is 0 Å². The molecule has 1 saturated carbocycles. The lowest BCUT2D eigenvalue weighted by Gasteiger charge is -2.36. The van der Waals surface area contributed by atoms with Crippen molar-refractivity contribution in [2.75, 3.05) is 19.6 Å². The van der Waals surface area contributed by atoms with Crippen molar-refractivity contribution in [1.29, 1.82) is 0 Å². The number of rotatable bonds is 5. The Labute approximate surface area is 142 Å². The molecule has 1 aromatic heterocycles. The quantitative estimate of drug-likeness (QED) is 0.914. The number of aliphatic hydroxyl groups is 1. The van der Waals surface area contributed by atoms with E-state index in [9.17, 15) is 5.11 Å². The molecule has 2 aliphatic rings. The molecule has 24 heavy (non-hydrogen) atoms. The monoisotopic (exact) mass is 327 g/mol. The Hall–Kier alpha value is -1.72. The summed E-state index contributed by atoms with van der Waals surface area (Å²) in [7, 11) is 0. The van der Waals surface area contributed by atoms with E-state index in [1.54, 1.807) is 0 Å². The summed E-state index contributed by atoms with van der Waals surface area (Å²) >= 11 is 0. The van der Waals surface area contributed by atoms with Crippen LogP contribution in [0.3, 0.4) is 0 Å². The smallest absolute Gasteiger partial charge is 0.229 e. The molecular formula is C19H25N3O2. The van der Waals surface area contributed by atoms with Crippen LogP contribution in [0.2, 0.25) is 0 Å². The summed E-state index contributed by atoms with van der Waals surface area (Å²) in [6, 6.07) is 9.90. The maximum Gasteiger partial charge on any atom is 0.229 e. The SMILES string of the molecule is C[C@](O)(CN1CCC[C@@H](c2noc(C3CC3)n2)C1)c1ccccc1. The zero-order valence-corrected chi connectivity index (χ0v) is 14.2. The molecule has 2 fully saturated rings. The lowest BCUT2D eigenvalue weighted by atomic mass is 9.92. The largest absolute Gasteiger partial charge is 0.384 e. The minimum absolute atomic E-state index is 0.307. The molecule has 5 nitrogen and oxygen atoms in total. The fourth-order valence-electron chi connectivity index (χ4n) is 3.64. The lowest BCUT2D eigenvalue weighted by molar-refractivity contribution is 0.00748. The first kappa shape index (κ1) is 15.8. The summed E-state index contributed by atoms with van der Waals surface area (Å²) in [6.45, 7) is 4.41. The average Bonchev–Trinajstić information content (AvgIpc) is 3.32. The van der Waals surface area contributed by atoms with Crippen LogP contribution in [-0.2, 0) is 5.60 Å². The van der Waals surface area contributed by atoms with Gasteiger partial charge in [0.1, 0.15) is 0 Å². The van der Waals surface area contributed by atoms with Gasteiger partial charge in [-0.3, -0.25) is 4.90 Å². The zero-order valence-electron chi connectivity index (χ0n) is 14.2. The van der Waals surface area contributed by atoms with E-state index in [-0.39, 0.29) is 0 Å². The molecule has 1 N–H and O–H groups in total. The van der Waals surface area contributed by atoms with E-state index in [1.165, 1.54) is 12.8 Å². The molecule has 1 aliphatic heterocycles. The second kappa shape index (κ2) is 6.30. The Morgan fingerprint density at radius 1 is 1.21 bits per heavy atom. The third kappa shape index (κ3) is 3.37. The molecule has 5 heteroatoms. The predicted molar refractivity (Wildman–Crippen MR) is 90.7 cm³/mol. The van der Waals surface area contributed by atoms with Crippen LogP contribution < -0.4 is 0 Å². The summed E-state index contributed by atoms with van der Waals surface area (Å²) in [6.07, 6.45) is 4.55. The molecule has 0 spiro atoms. The van der Waals surface area contributed by atoms with Gasteiger partial charge in [0, 0.05) is 24.9 Å². The first-order chi connectivity index (χ1) is 11.6. The van der Waals surface area contributed by atoms with Crippen LogP contribution in [0.5, 0.6) is 0 Å². The van der Waals surface area contributed by atoms with E-state index < -0.39 is 5.60 Å². The summed E-state index contributed by atoms with van der Waals surface area (Å²) < 4.78 is 5.42. The van der Waals surface area contributed by atoms with E-state index in [2.05, 4.69) is 15.0 Å². The molecule has 2 aromatic rings. The fourth-order valence-corrected chi connectivity index (χ4v) is 3.64. The number of likely N-dealkylation sites (tertiary alicyclic amines) is 1. The number of hydrogen-bond donors (Lipinski definition) is 1. The van der Waals surface area contributed by atoms with Crippen molar-refractivity contribution in [3.63, 3.8) is 0 Å². The predicted octanol–water partition coefficient (Wildman–Crippen LogP) is 3.03. The second-order valence-electron chi connectivity index (χ2n) is 7.48. The summed E-state index contributed by atoms with van der Waals surface area (Å²) in [5.74, 6) is 2.48. The van der Waals surface area contributed by atoms with E-state index in [0.29, 0.717) is 18.4 Å². The van der Waals surface area contributed by atoms with E-state index in [1.807, 2.05) is 37.3 Å². The van der Waals surface area contributed by atoms with Crippen molar-refractivity contribution in [3.05, 3.63) is 47.6 Å². The maximum atomic E-state index is 10.9. The number of nitrogens with zero attached hydrogens (tertiary/aromatic N) is 3. The molecule has 1 saturated heterocycles. The van der Waals surface area contributed by atoms with Gasteiger partial charge in [-0.05, 0) is 44.7 Å². The summed E-state index contributed by atoms with van der Waals surface area (Å²) in [5.41, 5.74) is 0.113. The first-order valence-electron chi connectivity index (χ1n) is 8.95. The highest BCUT2D eigenvalue weighted by molar-refractivity contribution is 5.22. The van der Waals surface area contributed by atoms with Crippen molar-refractivity contribution in [3.8, 4) is 0 Å². The van der Waals surface area contributed by atoms with Gasteiger partial charge in [0.2, 0.25) is 5.89 Å². The van der Waals surface area contributed by atoms with Crippen LogP contribution in [0.1, 0.15) is 61.7 Å². The normalized spacial score (nSPS) is 24.7. The second-order valence-corrected chi connectivity index (χ2v) is 7.48. The van der Waals surface area contributed by atoms with E-state index in [0.717, 1.165) is 43.2 Å². The molecule has 2 heterocycles. The van der Waals surface area contributed by atoms with Crippen molar-refractivity contribution in [2.45, 2.75) is 50.0 Å². The molecule has 0 bridgehead atoms. The third-order valence-corrected chi connectivity index (χ3v) is 5.18. The third-order valence-electron chi connectivity index (χ3n) is 5.18. The molecule has 4 rings (SSSR count). The van der Waals surface area contributed by atoms with Gasteiger partial charge in [0.05, 0.1) is 5.60 Å². The van der Waals surface area contributed by atoms with Crippen LogP contribution in [0.4, 0.5) is 0 Å². The molecular weight excluding hydrogens is 302 g/mol. The number of β-amino-alcohol motifs (C(OH)–C–C–N with tert-alkyl or cyclic N) is 1. The maximum absolute atomic E-state index is 10.9. The summed E-state index contributed by atoms with van der Waals surface area (Å²) in [4.78, 5) is 6.95. The van der Waals surface area contributed by atoms with Crippen LogP contribution in [0.15, 0.2) is 34.9 Å². The highest BCUT2D eigenvalue weighted by Crippen LogP contribution is 2.39. The Morgan fingerprint density at radius 2 is 2.00 bits per heavy atom. The first-order valence-corrected chi connectivity index (χ1v) is 8.95. The number of piperidine rings is 1. The standard InChI is InChI=1S/C19H25N3O2/c1-19(23,16-7-3-2-4-8-16)13-22-11-5-6-15(12-22)17-20-18(24-21-17)14-9-10-14/h2-4,7-8,14-15,23H,5-6,9-13H2,1H3/t15-,19+/m1/s1. The van der Waals surface area contributed by atoms with Gasteiger partial charge in [-0.1, -0.05) is 35.5 Å². The Bertz CT molecular complexity index is 679. The molecule has 2 atom stereocenters. The average molecular weight is 327 g/mol. The Balaban J connectivity index is 1.42. The van der Waals surface area contributed by atoms with Crippen LogP contribution in [-0.4, -0.2) is 39.8 Å². The molecule has 1 aliphatic carbocycles. The van der Waals surface area contributed by atoms with Gasteiger partial charge in [-0.25, -0.2) is 0 Å². The number of hydrogen-bond acceptors (Lipinski definition) is 5. The fraction of sp³-hybridized carbons (Fsp3) is 0.579. The van der Waals surface area contributed by atoms with Gasteiger partial charge in [0.15, 0.2) is 5.82 Å². The Morgan fingerprint density at radius 3 is 2.75 bits per heavy atom. The molecule has 0 unspecified atom stereocenters. The van der Waals surface area contributed by atoms with Gasteiger partial charge in [0.25, 0.3) is 0 Å². The zero-order chi connectivity index (χ0) is 16.6. The van der Waals surface area contributed by atoms with E-state index in [4.69, 9.17) is 4.52 Å². The minimum atomic E-state index is -0.848. The molecule has 128 valence electrons. The van der Waals surface area contributed by atoms with Crippen molar-refractivity contribution < 1.29 is 9.63 Å². The van der Waals surface area contributed by atoms with Gasteiger partial charge in [-0.2, -0.15) is 4.98 Å². The Kier molecular flexibility index (Phi) is 4.14. The topological polar surface area (TPSA) is 62.4 Å². The summed E-state index contributed by atoms with van der Waals surface area (Å²) in [5, 5.41) is 15.1. The van der Waals surface area contributed by atoms with Crippen LogP contribution >= 0.6 is 0 Å². The molecule has 0 radical (unpaired) electrons. The van der Waals surface area contributed by atoms with Crippen molar-refractivity contribution in [2.24, 2.45) is 0 Å². The van der Waals surface area contributed by atoms with E-state index >= 15 is 0 Å². The van der Waals surface area contributed by atoms with Gasteiger partial charge < -0.3 is 9.63 Å². The van der Waals surface area contributed by atoms with Crippen LogP contribution in [0, 0.1) is 0 Å². The highest BCUT2D eigenvalue weighted by Gasteiger charge is 2.33. The van der Waals surface area contributed by atoms with Gasteiger partial charge in [-0.15, -0.1) is 0 Å². The van der Waals surface area contributed by atoms with Gasteiger partial charge >= 0.3 is 0 Å². The number of benzene rings is 1. The molecule has 1 aromatic carbocycles. The number of aromatic nitrogens is 2. The molecule has 0 amide bonds. The highest BCUT2D eigenvalue weighted by atomic mass is 16.5. The lowest BCUT2D eigenvalue weighted by Crippen LogP contribution is -2.43. The van der Waals surface area contributed by atoms with Crippen molar-refractivity contribution >= 4 is 0 Å². The minimum Gasteiger partial charge on any atom is -0.384 e.